The van der Waals surface area contributed by atoms with Gasteiger partial charge in [0, 0.05) is 13.7 Å². The van der Waals surface area contributed by atoms with Gasteiger partial charge in [-0.1, -0.05) is 31.2 Å². The number of aromatic nitrogens is 3. The summed E-state index contributed by atoms with van der Waals surface area (Å²) in [6.45, 7) is 5.10. The van der Waals surface area contributed by atoms with Crippen molar-refractivity contribution >= 4 is 0 Å². The molecule has 0 atom stereocenters. The van der Waals surface area contributed by atoms with Crippen molar-refractivity contribution in [1.29, 1.82) is 0 Å². The molecule has 108 valence electrons. The highest BCUT2D eigenvalue weighted by molar-refractivity contribution is 5.22. The quantitative estimate of drug-likeness (QED) is 0.743. The van der Waals surface area contributed by atoms with Crippen LogP contribution < -0.4 is 5.32 Å². The summed E-state index contributed by atoms with van der Waals surface area (Å²) in [7, 11) is 1.69. The number of methoxy groups -OCH3 is 1. The van der Waals surface area contributed by atoms with E-state index in [0.29, 0.717) is 13.2 Å². The molecular formula is C15H22N4O. The summed E-state index contributed by atoms with van der Waals surface area (Å²) in [6.07, 6.45) is 2.85. The predicted octanol–water partition coefficient (Wildman–Crippen LogP) is 1.62. The molecule has 0 saturated carbocycles. The Morgan fingerprint density at radius 2 is 1.95 bits per heavy atom. The van der Waals surface area contributed by atoms with E-state index in [1.807, 2.05) is 4.68 Å². The molecule has 0 saturated heterocycles. The third-order valence-corrected chi connectivity index (χ3v) is 3.13. The second kappa shape index (κ2) is 7.77. The lowest BCUT2D eigenvalue weighted by molar-refractivity contribution is 0.199. The molecule has 0 aliphatic heterocycles. The van der Waals surface area contributed by atoms with Gasteiger partial charge in [0.15, 0.2) is 5.82 Å². The fraction of sp³-hybridized carbons (Fsp3) is 0.467. The molecule has 1 aromatic heterocycles. The van der Waals surface area contributed by atoms with Crippen molar-refractivity contribution < 1.29 is 4.74 Å². The minimum Gasteiger partial charge on any atom is -0.383 e. The molecule has 2 rings (SSSR count). The Hall–Kier alpha value is -1.72. The van der Waals surface area contributed by atoms with Crippen LogP contribution in [0.1, 0.15) is 23.9 Å². The van der Waals surface area contributed by atoms with Gasteiger partial charge in [0.1, 0.15) is 6.33 Å². The molecule has 0 fully saturated rings. The molecule has 0 unspecified atom stereocenters. The smallest absolute Gasteiger partial charge is 0.164 e. The zero-order chi connectivity index (χ0) is 14.2. The minimum absolute atomic E-state index is 0.672. The fourth-order valence-corrected chi connectivity index (χ4v) is 1.93. The summed E-state index contributed by atoms with van der Waals surface area (Å²) in [5.41, 5.74) is 2.60. The Kier molecular flexibility index (Phi) is 5.70. The highest BCUT2D eigenvalue weighted by atomic mass is 16.5. The maximum Gasteiger partial charge on any atom is 0.164 e. The standard InChI is InChI=1S/C15H22N4O/c1-3-13-4-6-14(7-5-13)11-19-12-17-15(18-19)10-16-8-9-20-2/h4-7,12,16H,3,8-11H2,1-2H3. The van der Waals surface area contributed by atoms with E-state index in [2.05, 4.69) is 46.6 Å². The maximum absolute atomic E-state index is 4.97. The Labute approximate surface area is 120 Å². The first-order valence-corrected chi connectivity index (χ1v) is 6.97. The van der Waals surface area contributed by atoms with E-state index in [-0.39, 0.29) is 0 Å². The van der Waals surface area contributed by atoms with Crippen LogP contribution in [0.3, 0.4) is 0 Å². The van der Waals surface area contributed by atoms with Crippen molar-refractivity contribution in [2.75, 3.05) is 20.3 Å². The number of benzene rings is 1. The molecule has 5 heteroatoms. The van der Waals surface area contributed by atoms with Gasteiger partial charge in [0.25, 0.3) is 0 Å². The normalized spacial score (nSPS) is 10.9. The molecule has 0 amide bonds. The molecule has 20 heavy (non-hydrogen) atoms. The highest BCUT2D eigenvalue weighted by Gasteiger charge is 2.01. The summed E-state index contributed by atoms with van der Waals surface area (Å²) >= 11 is 0. The van der Waals surface area contributed by atoms with E-state index in [9.17, 15) is 0 Å². The van der Waals surface area contributed by atoms with Gasteiger partial charge < -0.3 is 10.1 Å². The zero-order valence-electron chi connectivity index (χ0n) is 12.2. The molecule has 0 aliphatic rings. The topological polar surface area (TPSA) is 52.0 Å². The molecule has 0 aliphatic carbocycles. The Bertz CT molecular complexity index is 507. The average Bonchev–Trinajstić information content (AvgIpc) is 2.92. The molecule has 0 radical (unpaired) electrons. The second-order valence-electron chi connectivity index (χ2n) is 4.70. The Morgan fingerprint density at radius 3 is 2.65 bits per heavy atom. The highest BCUT2D eigenvalue weighted by Crippen LogP contribution is 2.06. The fourth-order valence-electron chi connectivity index (χ4n) is 1.93. The van der Waals surface area contributed by atoms with Crippen LogP contribution in [-0.2, 0) is 24.2 Å². The first-order valence-electron chi connectivity index (χ1n) is 6.97. The van der Waals surface area contributed by atoms with Gasteiger partial charge in [-0.2, -0.15) is 5.10 Å². The Morgan fingerprint density at radius 1 is 1.20 bits per heavy atom. The molecule has 0 bridgehead atoms. The molecule has 0 spiro atoms. The Balaban J connectivity index is 1.85. The summed E-state index contributed by atoms with van der Waals surface area (Å²) in [6, 6.07) is 8.63. The van der Waals surface area contributed by atoms with Crippen molar-refractivity contribution in [2.24, 2.45) is 0 Å². The van der Waals surface area contributed by atoms with Crippen molar-refractivity contribution in [3.05, 3.63) is 47.5 Å². The van der Waals surface area contributed by atoms with Gasteiger partial charge in [0.2, 0.25) is 0 Å². The van der Waals surface area contributed by atoms with Crippen molar-refractivity contribution in [2.45, 2.75) is 26.4 Å². The first kappa shape index (κ1) is 14.7. The SMILES string of the molecule is CCc1ccc(Cn2cnc(CNCCOC)n2)cc1. The molecule has 1 N–H and O–H groups in total. The van der Waals surface area contributed by atoms with E-state index >= 15 is 0 Å². The van der Waals surface area contributed by atoms with Crippen LogP contribution in [0, 0.1) is 0 Å². The molecule has 5 nitrogen and oxygen atoms in total. The van der Waals surface area contributed by atoms with Gasteiger partial charge in [-0.15, -0.1) is 0 Å². The minimum atomic E-state index is 0.672. The third-order valence-electron chi connectivity index (χ3n) is 3.13. The maximum atomic E-state index is 4.97. The van der Waals surface area contributed by atoms with Crippen LogP contribution in [-0.4, -0.2) is 35.0 Å². The second-order valence-corrected chi connectivity index (χ2v) is 4.70. The monoisotopic (exact) mass is 274 g/mol. The average molecular weight is 274 g/mol. The van der Waals surface area contributed by atoms with Gasteiger partial charge >= 0.3 is 0 Å². The van der Waals surface area contributed by atoms with E-state index in [0.717, 1.165) is 25.3 Å². The summed E-state index contributed by atoms with van der Waals surface area (Å²) < 4.78 is 6.84. The third kappa shape index (κ3) is 4.43. The summed E-state index contributed by atoms with van der Waals surface area (Å²) in [5.74, 6) is 0.811. The van der Waals surface area contributed by atoms with Crippen molar-refractivity contribution in [3.8, 4) is 0 Å². The number of hydrogen-bond donors (Lipinski definition) is 1. The predicted molar refractivity (Wildman–Crippen MR) is 78.5 cm³/mol. The van der Waals surface area contributed by atoms with Crippen LogP contribution in [0.5, 0.6) is 0 Å². The number of hydrogen-bond acceptors (Lipinski definition) is 4. The van der Waals surface area contributed by atoms with Crippen molar-refractivity contribution in [1.82, 2.24) is 20.1 Å². The van der Waals surface area contributed by atoms with Crippen LogP contribution in [0.25, 0.3) is 0 Å². The van der Waals surface area contributed by atoms with Gasteiger partial charge in [-0.25, -0.2) is 9.67 Å². The summed E-state index contributed by atoms with van der Waals surface area (Å²) in [5, 5.41) is 7.68. The van der Waals surface area contributed by atoms with Crippen LogP contribution >= 0.6 is 0 Å². The molecule has 1 aromatic carbocycles. The van der Waals surface area contributed by atoms with E-state index in [1.54, 1.807) is 13.4 Å². The van der Waals surface area contributed by atoms with Gasteiger partial charge in [-0.05, 0) is 17.5 Å². The largest absolute Gasteiger partial charge is 0.383 e. The van der Waals surface area contributed by atoms with E-state index in [1.165, 1.54) is 11.1 Å². The summed E-state index contributed by atoms with van der Waals surface area (Å²) in [4.78, 5) is 4.29. The van der Waals surface area contributed by atoms with E-state index in [4.69, 9.17) is 4.74 Å². The number of nitrogens with zero attached hydrogens (tertiary/aromatic N) is 3. The number of aryl methyl sites for hydroxylation is 1. The zero-order valence-corrected chi connectivity index (χ0v) is 12.2. The first-order chi connectivity index (χ1) is 9.81. The number of nitrogens with one attached hydrogen (secondary N) is 1. The van der Waals surface area contributed by atoms with Crippen LogP contribution in [0.15, 0.2) is 30.6 Å². The van der Waals surface area contributed by atoms with Gasteiger partial charge in [0.05, 0.1) is 19.7 Å². The lowest BCUT2D eigenvalue weighted by Crippen LogP contribution is -2.19. The van der Waals surface area contributed by atoms with E-state index < -0.39 is 0 Å². The lowest BCUT2D eigenvalue weighted by atomic mass is 10.1. The lowest BCUT2D eigenvalue weighted by Gasteiger charge is -2.03. The van der Waals surface area contributed by atoms with Crippen LogP contribution in [0.4, 0.5) is 0 Å². The number of ether oxygens (including phenoxy) is 1. The number of rotatable bonds is 8. The molecule has 2 aromatic rings. The van der Waals surface area contributed by atoms with Crippen molar-refractivity contribution in [3.63, 3.8) is 0 Å². The molecular weight excluding hydrogens is 252 g/mol. The van der Waals surface area contributed by atoms with Crippen LogP contribution in [0.2, 0.25) is 0 Å². The molecule has 1 heterocycles. The van der Waals surface area contributed by atoms with Gasteiger partial charge in [-0.3, -0.25) is 0 Å².